The van der Waals surface area contributed by atoms with Crippen LogP contribution in [0.2, 0.25) is 0 Å². The van der Waals surface area contributed by atoms with Gasteiger partial charge >= 0.3 is 4.87 Å². The fourth-order valence-electron chi connectivity index (χ4n) is 3.51. The molecule has 0 saturated carbocycles. The highest BCUT2D eigenvalue weighted by molar-refractivity contribution is 9.10. The van der Waals surface area contributed by atoms with Crippen LogP contribution in [0.4, 0.5) is 5.69 Å². The maximum Gasteiger partial charge on any atom is 0.310 e. The van der Waals surface area contributed by atoms with Crippen LogP contribution in [0.3, 0.4) is 0 Å². The molecule has 0 radical (unpaired) electrons. The number of halogens is 1. The zero-order valence-corrected chi connectivity index (χ0v) is 20.0. The van der Waals surface area contributed by atoms with Crippen molar-refractivity contribution in [1.29, 1.82) is 0 Å². The predicted molar refractivity (Wildman–Crippen MR) is 131 cm³/mol. The van der Waals surface area contributed by atoms with Crippen LogP contribution in [-0.4, -0.2) is 22.5 Å². The molecule has 3 aromatic rings. The number of rotatable bonds is 6. The first-order valence-electron chi connectivity index (χ1n) is 10.0. The average Bonchev–Trinajstić information content (AvgIpc) is 3.23. The maximum atomic E-state index is 12.5. The summed E-state index contributed by atoms with van der Waals surface area (Å²) in [5.41, 5.74) is 4.94. The Labute approximate surface area is 193 Å². The molecule has 2 heterocycles. The lowest BCUT2D eigenvalue weighted by atomic mass is 10.0. The summed E-state index contributed by atoms with van der Waals surface area (Å²) in [5.74, 6) is 1.11. The topological polar surface area (TPSA) is 63.8 Å². The van der Waals surface area contributed by atoms with E-state index in [2.05, 4.69) is 46.9 Å². The zero-order valence-electron chi connectivity index (χ0n) is 17.6. The minimum atomic E-state index is -0.217. The van der Waals surface area contributed by atoms with E-state index in [1.165, 1.54) is 4.57 Å². The number of allylic oxidation sites excluding steroid dienone is 1. The normalized spacial score (nSPS) is 13.9. The average molecular weight is 499 g/mol. The number of ether oxygens (including phenoxy) is 1. The Hall–Kier alpha value is -2.64. The highest BCUT2D eigenvalue weighted by Crippen LogP contribution is 2.36. The first-order chi connectivity index (χ1) is 14.8. The summed E-state index contributed by atoms with van der Waals surface area (Å²) in [6, 6.07) is 12.0. The standard InChI is InChI=1S/C24H23BrN2O3S/c1-14(2)18-6-4-15(3)10-21(18)30-9-8-27-23(28)22(31-24(27)29)11-16-13-26-20-7-5-17(25)12-19(16)20/h4-7,10-14,28H,8-9H2,1-3H3/b16-11-. The first-order valence-corrected chi connectivity index (χ1v) is 11.7. The summed E-state index contributed by atoms with van der Waals surface area (Å²) < 4.78 is 8.30. The van der Waals surface area contributed by atoms with Crippen molar-refractivity contribution in [2.75, 3.05) is 6.61 Å². The van der Waals surface area contributed by atoms with Crippen molar-refractivity contribution >= 4 is 50.8 Å². The van der Waals surface area contributed by atoms with Gasteiger partial charge in [-0.2, -0.15) is 0 Å². The minimum absolute atomic E-state index is 0.0451. The van der Waals surface area contributed by atoms with Crippen LogP contribution >= 0.6 is 27.3 Å². The number of aliphatic imine (C=N–C) groups is 1. The third kappa shape index (κ3) is 4.52. The number of hydrogen-bond acceptors (Lipinski definition) is 5. The van der Waals surface area contributed by atoms with Crippen molar-refractivity contribution in [3.05, 3.63) is 72.1 Å². The van der Waals surface area contributed by atoms with Gasteiger partial charge in [0.2, 0.25) is 5.88 Å². The van der Waals surface area contributed by atoms with Gasteiger partial charge in [0.1, 0.15) is 12.4 Å². The monoisotopic (exact) mass is 498 g/mol. The van der Waals surface area contributed by atoms with Crippen molar-refractivity contribution in [2.45, 2.75) is 33.2 Å². The van der Waals surface area contributed by atoms with E-state index in [1.807, 2.05) is 31.2 Å². The third-order valence-corrected chi connectivity index (χ3v) is 6.56. The number of fused-ring (bicyclic) bond motifs is 1. The van der Waals surface area contributed by atoms with E-state index in [-0.39, 0.29) is 17.3 Å². The van der Waals surface area contributed by atoms with Gasteiger partial charge in [-0.3, -0.25) is 14.4 Å². The molecule has 7 heteroatoms. The Morgan fingerprint density at radius 3 is 2.84 bits per heavy atom. The summed E-state index contributed by atoms with van der Waals surface area (Å²) in [7, 11) is 0. The smallest absolute Gasteiger partial charge is 0.310 e. The molecule has 160 valence electrons. The van der Waals surface area contributed by atoms with E-state index in [0.29, 0.717) is 17.4 Å². The molecule has 0 aliphatic carbocycles. The van der Waals surface area contributed by atoms with Gasteiger partial charge in [-0.1, -0.05) is 53.2 Å². The van der Waals surface area contributed by atoms with Crippen LogP contribution in [0.5, 0.6) is 11.6 Å². The van der Waals surface area contributed by atoms with E-state index in [0.717, 1.165) is 49.5 Å². The molecule has 1 N–H and O–H groups in total. The van der Waals surface area contributed by atoms with Crippen molar-refractivity contribution in [2.24, 2.45) is 4.99 Å². The Bertz CT molecular complexity index is 1250. The lowest BCUT2D eigenvalue weighted by Gasteiger charge is -2.15. The molecular formula is C24H23BrN2O3S. The molecule has 1 aromatic heterocycles. The van der Waals surface area contributed by atoms with E-state index in [4.69, 9.17) is 4.74 Å². The lowest BCUT2D eigenvalue weighted by molar-refractivity contribution is 0.282. The largest absolute Gasteiger partial charge is 0.493 e. The summed E-state index contributed by atoms with van der Waals surface area (Å²) in [6.07, 6.45) is 3.55. The number of aromatic hydroxyl groups is 1. The molecule has 0 amide bonds. The maximum absolute atomic E-state index is 12.5. The van der Waals surface area contributed by atoms with Gasteiger partial charge in [0.25, 0.3) is 0 Å². The molecule has 0 unspecified atom stereocenters. The molecule has 0 spiro atoms. The van der Waals surface area contributed by atoms with Crippen molar-refractivity contribution in [1.82, 2.24) is 4.57 Å². The second-order valence-electron chi connectivity index (χ2n) is 7.77. The Morgan fingerprint density at radius 2 is 2.06 bits per heavy atom. The Balaban J connectivity index is 1.53. The van der Waals surface area contributed by atoms with Crippen LogP contribution in [0.25, 0.3) is 11.6 Å². The van der Waals surface area contributed by atoms with Gasteiger partial charge < -0.3 is 9.84 Å². The predicted octanol–water partition coefficient (Wildman–Crippen LogP) is 6.15. The molecular weight excluding hydrogens is 476 g/mol. The highest BCUT2D eigenvalue weighted by atomic mass is 79.9. The fourth-order valence-corrected chi connectivity index (χ4v) is 4.74. The quantitative estimate of drug-likeness (QED) is 0.443. The number of aromatic nitrogens is 1. The number of thiazole rings is 1. The SMILES string of the molecule is Cc1ccc(C(C)C)c(OCCn2c(O)c(/C=C3/C=Nc4ccc(Br)cc43)sc2=O)c1. The minimum Gasteiger partial charge on any atom is -0.493 e. The fraction of sp³-hybridized carbons (Fsp3) is 0.250. The molecule has 0 atom stereocenters. The molecule has 0 saturated heterocycles. The van der Waals surface area contributed by atoms with Gasteiger partial charge in [-0.25, -0.2) is 0 Å². The molecule has 5 nitrogen and oxygen atoms in total. The van der Waals surface area contributed by atoms with Crippen molar-refractivity contribution in [3.8, 4) is 11.6 Å². The van der Waals surface area contributed by atoms with Gasteiger partial charge in [0.15, 0.2) is 0 Å². The van der Waals surface area contributed by atoms with Crippen LogP contribution < -0.4 is 9.61 Å². The van der Waals surface area contributed by atoms with Gasteiger partial charge in [-0.15, -0.1) is 0 Å². The third-order valence-electron chi connectivity index (χ3n) is 5.16. The second-order valence-corrected chi connectivity index (χ2v) is 9.68. The van der Waals surface area contributed by atoms with Gasteiger partial charge in [0, 0.05) is 21.8 Å². The van der Waals surface area contributed by atoms with E-state index >= 15 is 0 Å². The van der Waals surface area contributed by atoms with E-state index in [1.54, 1.807) is 12.3 Å². The van der Waals surface area contributed by atoms with E-state index in [9.17, 15) is 9.90 Å². The highest BCUT2D eigenvalue weighted by Gasteiger charge is 2.17. The van der Waals surface area contributed by atoms with Gasteiger partial charge in [0.05, 0.1) is 17.1 Å². The first kappa shape index (κ1) is 21.6. The molecule has 1 aliphatic heterocycles. The number of benzene rings is 2. The van der Waals surface area contributed by atoms with E-state index < -0.39 is 0 Å². The van der Waals surface area contributed by atoms with Crippen LogP contribution in [0.1, 0.15) is 41.3 Å². The summed E-state index contributed by atoms with van der Waals surface area (Å²) in [4.78, 5) is 17.2. The van der Waals surface area contributed by atoms with Crippen molar-refractivity contribution in [3.63, 3.8) is 0 Å². The summed E-state index contributed by atoms with van der Waals surface area (Å²) >= 11 is 4.49. The second kappa shape index (κ2) is 8.85. The van der Waals surface area contributed by atoms with Crippen LogP contribution in [0, 0.1) is 6.92 Å². The molecule has 0 bridgehead atoms. The van der Waals surface area contributed by atoms with Gasteiger partial charge in [-0.05, 0) is 54.3 Å². The summed E-state index contributed by atoms with van der Waals surface area (Å²) in [6.45, 7) is 6.83. The number of hydrogen-bond donors (Lipinski definition) is 1. The summed E-state index contributed by atoms with van der Waals surface area (Å²) in [5, 5.41) is 10.7. The molecule has 4 rings (SSSR count). The number of nitrogens with zero attached hydrogens (tertiary/aromatic N) is 2. The van der Waals surface area contributed by atoms with Crippen molar-refractivity contribution < 1.29 is 9.84 Å². The zero-order chi connectivity index (χ0) is 22.1. The number of aryl methyl sites for hydroxylation is 1. The van der Waals surface area contributed by atoms with Crippen LogP contribution in [0.15, 0.2) is 50.7 Å². The Kier molecular flexibility index (Phi) is 6.16. The Morgan fingerprint density at radius 1 is 1.26 bits per heavy atom. The van der Waals surface area contributed by atoms with Crippen LogP contribution in [-0.2, 0) is 6.54 Å². The molecule has 2 aromatic carbocycles. The molecule has 31 heavy (non-hydrogen) atoms. The molecule has 1 aliphatic rings. The lowest BCUT2D eigenvalue weighted by Crippen LogP contribution is -2.17. The molecule has 0 fully saturated rings.